The topological polar surface area (TPSA) is 58.6 Å². The number of Topliss-reactive ketones (excluding diaryl/α,β-unsaturated/α-hetero) is 1. The molecule has 4 aliphatic carbocycles. The molecule has 5 heteroatoms. The van der Waals surface area contributed by atoms with Gasteiger partial charge in [-0.3, -0.25) is 14.5 Å². The Balaban J connectivity index is 1.19. The molecule has 0 aromatic heterocycles. The van der Waals surface area contributed by atoms with Crippen LogP contribution >= 0.6 is 0 Å². The lowest BCUT2D eigenvalue weighted by atomic mass is 9.52. The SMILES string of the molecule is CC1=C2C[C@H]3[C@@H](CC[C@@H]4CC(=O)CC[C@@]43C)[C@@H]2CC[C@@]2(C1)O[C@@H]1C[C@H](C)CN(CCNC(=O)C(C)(C)C)[C@H]1[C@H]2C. The zero-order chi connectivity index (χ0) is 28.6. The van der Waals surface area contributed by atoms with Gasteiger partial charge in [0.2, 0.25) is 5.91 Å². The first-order chi connectivity index (χ1) is 18.8. The molecule has 5 fully saturated rings. The third-order valence-electron chi connectivity index (χ3n) is 13.0. The van der Waals surface area contributed by atoms with E-state index in [1.165, 1.54) is 32.1 Å². The van der Waals surface area contributed by atoms with E-state index in [1.54, 1.807) is 11.1 Å². The van der Waals surface area contributed by atoms with Crippen LogP contribution in [0.1, 0.15) is 113 Å². The molecule has 5 nitrogen and oxygen atoms in total. The zero-order valence-electron chi connectivity index (χ0n) is 26.5. The summed E-state index contributed by atoms with van der Waals surface area (Å²) in [6.07, 6.45) is 11.6. The third-order valence-corrected chi connectivity index (χ3v) is 13.0. The quantitative estimate of drug-likeness (QED) is 0.403. The summed E-state index contributed by atoms with van der Waals surface area (Å²) in [4.78, 5) is 27.5. The van der Waals surface area contributed by atoms with Crippen LogP contribution in [0.15, 0.2) is 11.1 Å². The van der Waals surface area contributed by atoms with Gasteiger partial charge in [-0.05, 0) is 93.3 Å². The molecule has 6 rings (SSSR count). The van der Waals surface area contributed by atoms with E-state index in [1.807, 2.05) is 20.8 Å². The van der Waals surface area contributed by atoms with E-state index < -0.39 is 0 Å². The number of amides is 1. The van der Waals surface area contributed by atoms with Gasteiger partial charge >= 0.3 is 0 Å². The van der Waals surface area contributed by atoms with Crippen LogP contribution in [0.4, 0.5) is 0 Å². The van der Waals surface area contributed by atoms with Gasteiger partial charge in [-0.25, -0.2) is 0 Å². The molecule has 0 bridgehead atoms. The van der Waals surface area contributed by atoms with Crippen molar-refractivity contribution in [1.82, 2.24) is 10.2 Å². The number of allylic oxidation sites excluding steroid dienone is 1. The second-order valence-electron chi connectivity index (χ2n) is 16.5. The Labute approximate surface area is 243 Å². The average molecular weight is 553 g/mol. The van der Waals surface area contributed by atoms with Gasteiger partial charge in [0.25, 0.3) is 0 Å². The lowest BCUT2D eigenvalue weighted by molar-refractivity contribution is -0.130. The first-order valence-corrected chi connectivity index (χ1v) is 16.7. The first kappa shape index (κ1) is 28.9. The Morgan fingerprint density at radius 2 is 1.90 bits per heavy atom. The Hall–Kier alpha value is -1.20. The summed E-state index contributed by atoms with van der Waals surface area (Å²) < 4.78 is 7.26. The maximum Gasteiger partial charge on any atom is 0.225 e. The molecule has 40 heavy (non-hydrogen) atoms. The number of likely N-dealkylation sites (tertiary alicyclic amines) is 1. The Morgan fingerprint density at radius 3 is 2.65 bits per heavy atom. The minimum atomic E-state index is -0.348. The standard InChI is InChI=1S/C35H56N2O3/c1-21-16-30-31(37(20-21)15-14-36-32(39)33(4,5)6)23(3)35(40-30)13-11-26-27-9-8-24-17-25(38)10-12-34(24,7)29(27)18-28(26)22(2)19-35/h21,23-24,26-27,29-31H,8-20H2,1-7H3,(H,36,39)/t21-,23+,24+,26-,27-,29-,30+,31-,34-,35-/m0/s1. The minimum Gasteiger partial charge on any atom is -0.369 e. The van der Waals surface area contributed by atoms with Gasteiger partial charge in [0.1, 0.15) is 5.78 Å². The summed E-state index contributed by atoms with van der Waals surface area (Å²) in [5, 5.41) is 3.20. The van der Waals surface area contributed by atoms with Crippen LogP contribution in [0.2, 0.25) is 0 Å². The number of ether oxygens (including phenoxy) is 1. The van der Waals surface area contributed by atoms with Crippen LogP contribution in [0.3, 0.4) is 0 Å². The van der Waals surface area contributed by atoms with E-state index in [2.05, 4.69) is 37.9 Å². The van der Waals surface area contributed by atoms with Gasteiger partial charge in [-0.15, -0.1) is 0 Å². The molecule has 1 spiro atoms. The summed E-state index contributed by atoms with van der Waals surface area (Å²) in [5.41, 5.74) is 3.37. The van der Waals surface area contributed by atoms with Gasteiger partial charge in [0.15, 0.2) is 0 Å². The number of fused-ring (bicyclic) bond motifs is 6. The van der Waals surface area contributed by atoms with Crippen molar-refractivity contribution in [3.63, 3.8) is 0 Å². The fraction of sp³-hybridized carbons (Fsp3) is 0.886. The summed E-state index contributed by atoms with van der Waals surface area (Å²) in [5.74, 6) is 4.67. The Morgan fingerprint density at radius 1 is 1.12 bits per heavy atom. The predicted molar refractivity (Wildman–Crippen MR) is 160 cm³/mol. The molecule has 0 radical (unpaired) electrons. The van der Waals surface area contributed by atoms with Gasteiger partial charge in [0.05, 0.1) is 11.7 Å². The molecule has 0 unspecified atom stereocenters. The van der Waals surface area contributed by atoms with Crippen molar-refractivity contribution in [2.24, 2.45) is 46.3 Å². The van der Waals surface area contributed by atoms with E-state index in [9.17, 15) is 9.59 Å². The number of hydrogen-bond donors (Lipinski definition) is 1. The number of carbonyl (C=O) groups excluding carboxylic acids is 2. The van der Waals surface area contributed by atoms with Crippen LogP contribution in [0.5, 0.6) is 0 Å². The maximum atomic E-state index is 12.5. The lowest BCUT2D eigenvalue weighted by Gasteiger charge is -2.52. The molecule has 1 amide bonds. The van der Waals surface area contributed by atoms with Crippen LogP contribution in [-0.4, -0.2) is 54.0 Å². The van der Waals surface area contributed by atoms with E-state index in [0.29, 0.717) is 47.6 Å². The molecule has 6 aliphatic rings. The summed E-state index contributed by atoms with van der Waals surface area (Å²) >= 11 is 0. The fourth-order valence-corrected chi connectivity index (χ4v) is 10.8. The molecule has 3 saturated carbocycles. The van der Waals surface area contributed by atoms with Crippen molar-refractivity contribution < 1.29 is 14.3 Å². The molecule has 10 atom stereocenters. The minimum absolute atomic E-state index is 0.0540. The van der Waals surface area contributed by atoms with Crippen molar-refractivity contribution in [2.45, 2.75) is 130 Å². The number of carbonyl (C=O) groups is 2. The molecule has 0 aromatic carbocycles. The first-order valence-electron chi connectivity index (χ1n) is 16.7. The van der Waals surface area contributed by atoms with Crippen LogP contribution in [0, 0.1) is 46.3 Å². The second-order valence-corrected chi connectivity index (χ2v) is 16.5. The molecular weight excluding hydrogens is 496 g/mol. The highest BCUT2D eigenvalue weighted by molar-refractivity contribution is 5.81. The number of ketones is 1. The van der Waals surface area contributed by atoms with E-state index in [0.717, 1.165) is 62.9 Å². The number of hydrogen-bond acceptors (Lipinski definition) is 4. The molecular formula is C35H56N2O3. The normalized spacial score (nSPS) is 45.5. The Bertz CT molecular complexity index is 1060. The van der Waals surface area contributed by atoms with Gasteiger partial charge in [-0.1, -0.05) is 52.7 Å². The smallest absolute Gasteiger partial charge is 0.225 e. The second kappa shape index (κ2) is 10.2. The summed E-state index contributed by atoms with van der Waals surface area (Å²) in [6, 6.07) is 0.445. The number of nitrogens with zero attached hydrogens (tertiary/aromatic N) is 1. The van der Waals surface area contributed by atoms with Crippen molar-refractivity contribution in [2.75, 3.05) is 19.6 Å². The summed E-state index contributed by atoms with van der Waals surface area (Å²) in [7, 11) is 0. The van der Waals surface area contributed by atoms with Crippen molar-refractivity contribution in [3.8, 4) is 0 Å². The highest BCUT2D eigenvalue weighted by Crippen LogP contribution is 2.65. The lowest BCUT2D eigenvalue weighted by Crippen LogP contribution is -2.54. The maximum absolute atomic E-state index is 12.5. The number of piperidine rings is 1. The zero-order valence-corrected chi connectivity index (χ0v) is 26.5. The van der Waals surface area contributed by atoms with Crippen LogP contribution in [0.25, 0.3) is 0 Å². The van der Waals surface area contributed by atoms with Gasteiger partial charge in [0, 0.05) is 49.9 Å². The molecule has 1 N–H and O–H groups in total. The largest absolute Gasteiger partial charge is 0.369 e. The molecule has 2 heterocycles. The summed E-state index contributed by atoms with van der Waals surface area (Å²) in [6.45, 7) is 18.5. The molecule has 2 aliphatic heterocycles. The van der Waals surface area contributed by atoms with E-state index >= 15 is 0 Å². The molecule has 0 aromatic rings. The van der Waals surface area contributed by atoms with Crippen molar-refractivity contribution in [1.29, 1.82) is 0 Å². The van der Waals surface area contributed by atoms with E-state index in [4.69, 9.17) is 4.74 Å². The van der Waals surface area contributed by atoms with Crippen molar-refractivity contribution in [3.05, 3.63) is 11.1 Å². The highest BCUT2D eigenvalue weighted by atomic mass is 16.5. The Kier molecular flexibility index (Phi) is 7.38. The number of rotatable bonds is 3. The molecule has 224 valence electrons. The van der Waals surface area contributed by atoms with Crippen LogP contribution < -0.4 is 5.32 Å². The average Bonchev–Trinajstić information content (AvgIpc) is 3.34. The fourth-order valence-electron chi connectivity index (χ4n) is 10.8. The number of nitrogens with one attached hydrogen (secondary N) is 1. The predicted octanol–water partition coefficient (Wildman–Crippen LogP) is 6.55. The van der Waals surface area contributed by atoms with Crippen LogP contribution in [-0.2, 0) is 14.3 Å². The third kappa shape index (κ3) is 4.74. The molecule has 2 saturated heterocycles. The van der Waals surface area contributed by atoms with Gasteiger partial charge < -0.3 is 10.1 Å². The highest BCUT2D eigenvalue weighted by Gasteiger charge is 2.60. The van der Waals surface area contributed by atoms with Gasteiger partial charge in [-0.2, -0.15) is 0 Å². The van der Waals surface area contributed by atoms with Crippen molar-refractivity contribution >= 4 is 11.7 Å². The van der Waals surface area contributed by atoms with E-state index in [-0.39, 0.29) is 16.9 Å². The monoisotopic (exact) mass is 552 g/mol.